The van der Waals surface area contributed by atoms with Crippen molar-refractivity contribution in [2.45, 2.75) is 32.2 Å². The second-order valence-electron chi connectivity index (χ2n) is 3.83. The molecule has 14 heavy (non-hydrogen) atoms. The molecular formula is C9H17NO4. The number of aliphatic hydroxyl groups excluding tert-OH is 1. The fourth-order valence-corrected chi connectivity index (χ4v) is 1.76. The van der Waals surface area contributed by atoms with E-state index in [1.54, 1.807) is 0 Å². The van der Waals surface area contributed by atoms with Crippen LogP contribution in [0, 0.1) is 0 Å². The number of rotatable bonds is 3. The SMILES string of the molecule is C[C@@H]1CN(CC(O)C(=O)O)C[C@H](C)O1. The van der Waals surface area contributed by atoms with Gasteiger partial charge >= 0.3 is 5.97 Å². The van der Waals surface area contributed by atoms with Gasteiger partial charge in [0.1, 0.15) is 0 Å². The van der Waals surface area contributed by atoms with Crippen molar-refractivity contribution < 1.29 is 19.7 Å². The molecule has 0 aromatic carbocycles. The molecule has 0 saturated carbocycles. The highest BCUT2D eigenvalue weighted by Crippen LogP contribution is 2.10. The van der Waals surface area contributed by atoms with Crippen LogP contribution in [-0.4, -0.2) is 59.0 Å². The fraction of sp³-hybridized carbons (Fsp3) is 0.889. The number of β-amino-alcohol motifs (C(OH)–C–C–N with tert-alkyl or cyclic N) is 1. The minimum absolute atomic E-state index is 0.0970. The summed E-state index contributed by atoms with van der Waals surface area (Å²) in [5.41, 5.74) is 0. The predicted molar refractivity (Wildman–Crippen MR) is 50.1 cm³/mol. The van der Waals surface area contributed by atoms with Gasteiger partial charge in [0.05, 0.1) is 12.2 Å². The Labute approximate surface area is 83.3 Å². The van der Waals surface area contributed by atoms with E-state index in [1.807, 2.05) is 18.7 Å². The molecule has 0 radical (unpaired) electrons. The third-order valence-corrected chi connectivity index (χ3v) is 2.21. The molecule has 3 atom stereocenters. The molecule has 2 N–H and O–H groups in total. The summed E-state index contributed by atoms with van der Waals surface area (Å²) in [4.78, 5) is 12.3. The molecule has 1 saturated heterocycles. The Balaban J connectivity index is 2.40. The van der Waals surface area contributed by atoms with E-state index < -0.39 is 12.1 Å². The van der Waals surface area contributed by atoms with Gasteiger partial charge in [0, 0.05) is 19.6 Å². The maximum atomic E-state index is 10.4. The summed E-state index contributed by atoms with van der Waals surface area (Å²) in [5, 5.41) is 17.7. The van der Waals surface area contributed by atoms with Crippen LogP contribution in [0.1, 0.15) is 13.8 Å². The molecule has 5 nitrogen and oxygen atoms in total. The highest BCUT2D eigenvalue weighted by atomic mass is 16.5. The molecule has 0 aromatic rings. The second kappa shape index (κ2) is 4.72. The Kier molecular flexibility index (Phi) is 3.86. The molecule has 0 aromatic heterocycles. The molecule has 0 aliphatic carbocycles. The zero-order valence-corrected chi connectivity index (χ0v) is 8.51. The summed E-state index contributed by atoms with van der Waals surface area (Å²) in [6.07, 6.45) is -1.10. The van der Waals surface area contributed by atoms with Crippen molar-refractivity contribution in [3.63, 3.8) is 0 Å². The first kappa shape index (κ1) is 11.4. The summed E-state index contributed by atoms with van der Waals surface area (Å²) in [6, 6.07) is 0. The van der Waals surface area contributed by atoms with Crippen LogP contribution in [-0.2, 0) is 9.53 Å². The number of aliphatic carboxylic acids is 1. The first-order chi connectivity index (χ1) is 6.49. The fourth-order valence-electron chi connectivity index (χ4n) is 1.76. The van der Waals surface area contributed by atoms with E-state index in [-0.39, 0.29) is 18.8 Å². The molecule has 0 bridgehead atoms. The number of ether oxygens (including phenoxy) is 1. The van der Waals surface area contributed by atoms with Crippen LogP contribution in [0.5, 0.6) is 0 Å². The zero-order chi connectivity index (χ0) is 10.7. The molecule has 1 fully saturated rings. The molecule has 0 spiro atoms. The van der Waals surface area contributed by atoms with Crippen molar-refractivity contribution in [3.05, 3.63) is 0 Å². The molecule has 1 aliphatic rings. The minimum Gasteiger partial charge on any atom is -0.479 e. The van der Waals surface area contributed by atoms with E-state index in [1.165, 1.54) is 0 Å². The van der Waals surface area contributed by atoms with E-state index in [0.717, 1.165) is 0 Å². The first-order valence-electron chi connectivity index (χ1n) is 4.77. The Morgan fingerprint density at radius 3 is 2.43 bits per heavy atom. The van der Waals surface area contributed by atoms with Crippen molar-refractivity contribution >= 4 is 5.97 Å². The van der Waals surface area contributed by atoms with Gasteiger partial charge in [-0.05, 0) is 13.8 Å². The minimum atomic E-state index is -1.30. The summed E-state index contributed by atoms with van der Waals surface area (Å²) < 4.78 is 5.49. The van der Waals surface area contributed by atoms with E-state index in [0.29, 0.717) is 13.1 Å². The monoisotopic (exact) mass is 203 g/mol. The van der Waals surface area contributed by atoms with Crippen LogP contribution in [0.4, 0.5) is 0 Å². The number of carboxylic acids is 1. The lowest BCUT2D eigenvalue weighted by molar-refractivity contribution is -0.149. The number of morpholine rings is 1. The van der Waals surface area contributed by atoms with Crippen molar-refractivity contribution in [1.29, 1.82) is 0 Å². The van der Waals surface area contributed by atoms with Crippen molar-refractivity contribution in [2.75, 3.05) is 19.6 Å². The lowest BCUT2D eigenvalue weighted by Gasteiger charge is -2.35. The molecule has 0 amide bonds. The van der Waals surface area contributed by atoms with Crippen molar-refractivity contribution in [3.8, 4) is 0 Å². The Morgan fingerprint density at radius 1 is 1.50 bits per heavy atom. The lowest BCUT2D eigenvalue weighted by Crippen LogP contribution is -2.49. The lowest BCUT2D eigenvalue weighted by atomic mass is 10.2. The number of carboxylic acid groups (broad SMARTS) is 1. The van der Waals surface area contributed by atoms with E-state index in [4.69, 9.17) is 14.9 Å². The van der Waals surface area contributed by atoms with Gasteiger partial charge in [-0.15, -0.1) is 0 Å². The summed E-state index contributed by atoms with van der Waals surface area (Å²) in [6.45, 7) is 5.41. The van der Waals surface area contributed by atoms with Crippen LogP contribution in [0.15, 0.2) is 0 Å². The van der Waals surface area contributed by atoms with Gasteiger partial charge in [-0.1, -0.05) is 0 Å². The maximum absolute atomic E-state index is 10.4. The zero-order valence-electron chi connectivity index (χ0n) is 8.51. The highest BCUT2D eigenvalue weighted by Gasteiger charge is 2.25. The van der Waals surface area contributed by atoms with Gasteiger partial charge in [-0.2, -0.15) is 0 Å². The average Bonchev–Trinajstić information content (AvgIpc) is 2.01. The molecule has 5 heteroatoms. The number of aliphatic hydroxyl groups is 1. The first-order valence-corrected chi connectivity index (χ1v) is 4.77. The van der Waals surface area contributed by atoms with Gasteiger partial charge in [0.2, 0.25) is 0 Å². The van der Waals surface area contributed by atoms with E-state index >= 15 is 0 Å². The van der Waals surface area contributed by atoms with Crippen LogP contribution in [0.3, 0.4) is 0 Å². The Morgan fingerprint density at radius 2 is 2.00 bits per heavy atom. The van der Waals surface area contributed by atoms with E-state index in [9.17, 15) is 4.79 Å². The number of hydrogen-bond donors (Lipinski definition) is 2. The van der Waals surface area contributed by atoms with Gasteiger partial charge in [0.15, 0.2) is 6.10 Å². The molecule has 1 heterocycles. The molecular weight excluding hydrogens is 186 g/mol. The van der Waals surface area contributed by atoms with Gasteiger partial charge in [-0.3, -0.25) is 4.90 Å². The predicted octanol–water partition coefficient (Wildman–Crippen LogP) is -0.459. The number of nitrogens with zero attached hydrogens (tertiary/aromatic N) is 1. The molecule has 82 valence electrons. The molecule has 1 unspecified atom stereocenters. The summed E-state index contributed by atoms with van der Waals surface area (Å²) in [7, 11) is 0. The third kappa shape index (κ3) is 3.25. The smallest absolute Gasteiger partial charge is 0.333 e. The Hall–Kier alpha value is -0.650. The maximum Gasteiger partial charge on any atom is 0.333 e. The Bertz CT molecular complexity index is 199. The van der Waals surface area contributed by atoms with Gasteiger partial charge in [-0.25, -0.2) is 4.79 Å². The quantitative estimate of drug-likeness (QED) is 0.649. The third-order valence-electron chi connectivity index (χ3n) is 2.21. The van der Waals surface area contributed by atoms with Gasteiger partial charge < -0.3 is 14.9 Å². The van der Waals surface area contributed by atoms with Crippen LogP contribution in [0.25, 0.3) is 0 Å². The van der Waals surface area contributed by atoms with Crippen molar-refractivity contribution in [2.24, 2.45) is 0 Å². The largest absolute Gasteiger partial charge is 0.479 e. The van der Waals surface area contributed by atoms with Gasteiger partial charge in [0.25, 0.3) is 0 Å². The highest BCUT2D eigenvalue weighted by molar-refractivity contribution is 5.72. The van der Waals surface area contributed by atoms with Crippen molar-refractivity contribution in [1.82, 2.24) is 4.90 Å². The van der Waals surface area contributed by atoms with Crippen LogP contribution in [0.2, 0.25) is 0 Å². The second-order valence-corrected chi connectivity index (χ2v) is 3.83. The molecule has 1 rings (SSSR count). The number of hydrogen-bond acceptors (Lipinski definition) is 4. The van der Waals surface area contributed by atoms with E-state index in [2.05, 4.69) is 0 Å². The molecule has 1 aliphatic heterocycles. The topological polar surface area (TPSA) is 70.0 Å². The number of carbonyl (C=O) groups is 1. The normalized spacial score (nSPS) is 31.4. The van der Waals surface area contributed by atoms with Crippen LogP contribution >= 0.6 is 0 Å². The average molecular weight is 203 g/mol. The summed E-state index contributed by atoms with van der Waals surface area (Å²) in [5.74, 6) is -1.17. The standard InChI is InChI=1S/C9H17NO4/c1-6-3-10(4-7(2)14-6)5-8(11)9(12)13/h6-8,11H,3-5H2,1-2H3,(H,12,13)/t6-,7+,8?. The summed E-state index contributed by atoms with van der Waals surface area (Å²) >= 11 is 0. The van der Waals surface area contributed by atoms with Crippen LogP contribution < -0.4 is 0 Å².